The number of ether oxygens (including phenoxy) is 1. The number of benzene rings is 1. The van der Waals surface area contributed by atoms with Crippen molar-refractivity contribution in [2.75, 3.05) is 7.11 Å². The second kappa shape index (κ2) is 8.61. The molecule has 2 heterocycles. The van der Waals surface area contributed by atoms with Crippen LogP contribution in [0.2, 0.25) is 0 Å². The number of nitrogens with one attached hydrogen (secondary N) is 4. The Bertz CT molecular complexity index is 1360. The number of imide groups is 1. The van der Waals surface area contributed by atoms with Crippen LogP contribution in [0.15, 0.2) is 24.3 Å². The summed E-state index contributed by atoms with van der Waals surface area (Å²) in [6.07, 6.45) is 4.12. The van der Waals surface area contributed by atoms with E-state index in [0.717, 1.165) is 30.2 Å². The lowest BCUT2D eigenvalue weighted by atomic mass is 9.52. The minimum Gasteiger partial charge on any atom is -0.496 e. The summed E-state index contributed by atoms with van der Waals surface area (Å²) in [6.45, 7) is 0. The zero-order valence-corrected chi connectivity index (χ0v) is 20.5. The van der Waals surface area contributed by atoms with Crippen LogP contribution in [-0.4, -0.2) is 47.3 Å². The van der Waals surface area contributed by atoms with E-state index in [2.05, 4.69) is 27.0 Å². The van der Waals surface area contributed by atoms with Crippen molar-refractivity contribution in [2.24, 2.45) is 29.6 Å². The van der Waals surface area contributed by atoms with Gasteiger partial charge in [-0.05, 0) is 55.7 Å². The molecule has 4 N–H and O–H groups in total. The lowest BCUT2D eigenvalue weighted by Crippen LogP contribution is -2.66. The highest BCUT2D eigenvalue weighted by Gasteiger charge is 2.64. The number of aromatic nitrogens is 1. The molecule has 4 aliphatic carbocycles. The first-order valence-electron chi connectivity index (χ1n) is 12.9. The molecule has 1 saturated heterocycles. The third-order valence-corrected chi connectivity index (χ3v) is 8.77. The Morgan fingerprint density at radius 2 is 1.97 bits per heavy atom. The highest BCUT2D eigenvalue weighted by Crippen LogP contribution is 2.55. The Hall–Kier alpha value is -3.87. The molecule has 37 heavy (non-hydrogen) atoms. The van der Waals surface area contributed by atoms with Crippen LogP contribution >= 0.6 is 0 Å². The van der Waals surface area contributed by atoms with Crippen LogP contribution in [-0.2, 0) is 14.4 Å². The number of methoxy groups -OCH3 is 1. The molecule has 10 heteroatoms. The van der Waals surface area contributed by atoms with Gasteiger partial charge in [-0.3, -0.25) is 24.5 Å². The van der Waals surface area contributed by atoms with Gasteiger partial charge in [-0.2, -0.15) is 5.26 Å². The summed E-state index contributed by atoms with van der Waals surface area (Å²) in [4.78, 5) is 54.9. The first kappa shape index (κ1) is 23.5. The molecule has 1 aromatic heterocycles. The molecule has 4 amide bonds. The van der Waals surface area contributed by atoms with Gasteiger partial charge in [0.25, 0.3) is 5.91 Å². The molecule has 2 bridgehead atoms. The second-order valence-corrected chi connectivity index (χ2v) is 10.9. The molecule has 10 nitrogen and oxygen atoms in total. The van der Waals surface area contributed by atoms with E-state index in [1.807, 2.05) is 18.2 Å². The van der Waals surface area contributed by atoms with Gasteiger partial charge in [0.05, 0.1) is 25.0 Å². The van der Waals surface area contributed by atoms with Crippen LogP contribution in [0, 0.1) is 40.9 Å². The summed E-state index contributed by atoms with van der Waals surface area (Å²) < 4.78 is 5.38. The summed E-state index contributed by atoms with van der Waals surface area (Å²) in [6, 6.07) is 8.66. The smallest absolute Gasteiger partial charge is 0.268 e. The maximum absolute atomic E-state index is 13.6. The van der Waals surface area contributed by atoms with Crippen LogP contribution in [0.3, 0.4) is 0 Å². The highest BCUT2D eigenvalue weighted by molar-refractivity contribution is 6.06. The Morgan fingerprint density at radius 1 is 1.19 bits per heavy atom. The van der Waals surface area contributed by atoms with Gasteiger partial charge in [-0.25, -0.2) is 0 Å². The maximum atomic E-state index is 13.6. The molecule has 192 valence electrons. The standard InChI is InChI=1S/C27H29N5O5/c1-37-20-4-2-3-17-15(20)10-19(29-17)23(33)30-18(9-13-5-6-13)24(34)32-27(12-28)11-14-7-8-16(27)22-21(14)25(35)31-26(22)36/h2-4,10,13-14,16,18,21-22,29H,5-9,11H2,1H3,(H,30,33)(H,32,34)(H,31,35,36)/t14?,16-,18-,21-,22+,27+/m0/s1. The van der Waals surface area contributed by atoms with E-state index in [0.29, 0.717) is 36.6 Å². The van der Waals surface area contributed by atoms with Crippen molar-refractivity contribution in [3.8, 4) is 11.8 Å². The first-order valence-corrected chi connectivity index (χ1v) is 12.9. The second-order valence-electron chi connectivity index (χ2n) is 10.9. The molecule has 1 aliphatic heterocycles. The Kier molecular flexibility index (Phi) is 5.48. The summed E-state index contributed by atoms with van der Waals surface area (Å²) >= 11 is 0. The van der Waals surface area contributed by atoms with E-state index in [4.69, 9.17) is 4.74 Å². The molecule has 1 unspecified atom stereocenters. The first-order chi connectivity index (χ1) is 17.8. The number of fused-ring (bicyclic) bond motifs is 3. The fourth-order valence-electron chi connectivity index (χ4n) is 6.84. The lowest BCUT2D eigenvalue weighted by Gasteiger charge is -2.52. The number of amides is 4. The van der Waals surface area contributed by atoms with E-state index in [1.54, 1.807) is 13.2 Å². The van der Waals surface area contributed by atoms with Gasteiger partial charge in [-0.15, -0.1) is 0 Å². The lowest BCUT2D eigenvalue weighted by molar-refractivity contribution is -0.137. The van der Waals surface area contributed by atoms with Crippen molar-refractivity contribution in [1.29, 1.82) is 5.26 Å². The number of H-pyrrole nitrogens is 1. The Balaban J connectivity index is 1.23. The fraction of sp³-hybridized carbons (Fsp3) is 0.519. The van der Waals surface area contributed by atoms with Crippen LogP contribution in [0.5, 0.6) is 5.75 Å². The molecule has 5 fully saturated rings. The van der Waals surface area contributed by atoms with Crippen molar-refractivity contribution in [3.63, 3.8) is 0 Å². The number of nitriles is 1. The number of hydrogen-bond donors (Lipinski definition) is 4. The third kappa shape index (κ3) is 3.84. The van der Waals surface area contributed by atoms with E-state index in [9.17, 15) is 24.4 Å². The average Bonchev–Trinajstić information content (AvgIpc) is 3.51. The van der Waals surface area contributed by atoms with Crippen LogP contribution in [0.4, 0.5) is 0 Å². The quantitative estimate of drug-likeness (QED) is 0.423. The monoisotopic (exact) mass is 503 g/mol. The molecule has 4 saturated carbocycles. The van der Waals surface area contributed by atoms with Gasteiger partial charge in [-0.1, -0.05) is 18.9 Å². The number of hydrogen-bond acceptors (Lipinski definition) is 6. The topological polar surface area (TPSA) is 153 Å². The maximum Gasteiger partial charge on any atom is 0.268 e. The largest absolute Gasteiger partial charge is 0.496 e. The molecular formula is C27H29N5O5. The molecule has 5 aliphatic rings. The van der Waals surface area contributed by atoms with Gasteiger partial charge in [0.2, 0.25) is 17.7 Å². The van der Waals surface area contributed by atoms with Crippen molar-refractivity contribution in [2.45, 2.75) is 50.1 Å². The van der Waals surface area contributed by atoms with Gasteiger partial charge in [0.1, 0.15) is 23.0 Å². The van der Waals surface area contributed by atoms with Gasteiger partial charge < -0.3 is 20.4 Å². The van der Waals surface area contributed by atoms with Gasteiger partial charge in [0, 0.05) is 16.8 Å². The molecule has 7 rings (SSSR count). The predicted molar refractivity (Wildman–Crippen MR) is 131 cm³/mol. The molecule has 0 spiro atoms. The Morgan fingerprint density at radius 3 is 2.70 bits per heavy atom. The fourth-order valence-corrected chi connectivity index (χ4v) is 6.84. The van der Waals surface area contributed by atoms with Crippen molar-refractivity contribution >= 4 is 34.5 Å². The highest BCUT2D eigenvalue weighted by atomic mass is 16.5. The normalized spacial score (nSPS) is 30.8. The van der Waals surface area contributed by atoms with E-state index >= 15 is 0 Å². The van der Waals surface area contributed by atoms with Gasteiger partial charge >= 0.3 is 0 Å². The summed E-state index contributed by atoms with van der Waals surface area (Å²) in [7, 11) is 1.56. The summed E-state index contributed by atoms with van der Waals surface area (Å²) in [5.74, 6) is -2.10. The van der Waals surface area contributed by atoms with Gasteiger partial charge in [0.15, 0.2) is 0 Å². The number of aromatic amines is 1. The number of carbonyl (C=O) groups excluding carboxylic acids is 4. The number of nitrogens with zero attached hydrogens (tertiary/aromatic N) is 1. The van der Waals surface area contributed by atoms with Crippen LogP contribution in [0.25, 0.3) is 10.9 Å². The minimum atomic E-state index is -1.25. The summed E-state index contributed by atoms with van der Waals surface area (Å²) in [5, 5.41) is 19.3. The van der Waals surface area contributed by atoms with Crippen molar-refractivity contribution in [3.05, 3.63) is 30.0 Å². The van der Waals surface area contributed by atoms with Crippen molar-refractivity contribution < 1.29 is 23.9 Å². The van der Waals surface area contributed by atoms with Crippen molar-refractivity contribution in [1.82, 2.24) is 20.9 Å². The minimum absolute atomic E-state index is 0.140. The van der Waals surface area contributed by atoms with Crippen LogP contribution < -0.4 is 20.7 Å². The van der Waals surface area contributed by atoms with E-state index in [1.165, 1.54) is 0 Å². The molecule has 6 atom stereocenters. The predicted octanol–water partition coefficient (Wildman–Crippen LogP) is 1.77. The number of carbonyl (C=O) groups is 4. The van der Waals surface area contributed by atoms with E-state index in [-0.39, 0.29) is 17.7 Å². The third-order valence-electron chi connectivity index (χ3n) is 8.77. The van der Waals surface area contributed by atoms with E-state index < -0.39 is 41.1 Å². The molecule has 2 aromatic rings. The summed E-state index contributed by atoms with van der Waals surface area (Å²) in [5.41, 5.74) is -0.193. The Labute approximate surface area is 213 Å². The molecule has 1 aromatic carbocycles. The zero-order chi connectivity index (χ0) is 25.9. The molecule has 0 radical (unpaired) electrons. The van der Waals surface area contributed by atoms with Crippen LogP contribution in [0.1, 0.15) is 49.0 Å². The zero-order valence-electron chi connectivity index (χ0n) is 20.5. The SMILES string of the molecule is COc1cccc2[nH]c(C(=O)N[C@@H](CC3CC3)C(=O)N[C@@]3(C#N)CC4CC[C@H]3[C@H]3C(=O)NC(=O)[C@@H]43)cc12. The average molecular weight is 504 g/mol. The molecular weight excluding hydrogens is 474 g/mol. The number of rotatable bonds is 7.